The number of hydrogen-bond donors (Lipinski definition) is 8. The first kappa shape index (κ1) is 16.8. The van der Waals surface area contributed by atoms with Gasteiger partial charge in [-0.05, 0) is 0 Å². The third-order valence-corrected chi connectivity index (χ3v) is 3.98. The fourth-order valence-electron chi connectivity index (χ4n) is 1.96. The summed E-state index contributed by atoms with van der Waals surface area (Å²) >= 11 is 0. The maximum atomic E-state index is 11.1. The highest BCUT2D eigenvalue weighted by atomic mass is 31.2. The Labute approximate surface area is 121 Å². The van der Waals surface area contributed by atoms with Crippen molar-refractivity contribution in [1.29, 1.82) is 0 Å². The molecule has 5 atom stereocenters. The van der Waals surface area contributed by atoms with Crippen LogP contribution in [-0.2, 0) is 9.30 Å². The van der Waals surface area contributed by atoms with Crippen LogP contribution in [0.25, 0.3) is 0 Å². The zero-order valence-electron chi connectivity index (χ0n) is 10.8. The van der Waals surface area contributed by atoms with Crippen molar-refractivity contribution in [2.24, 2.45) is 0 Å². The Morgan fingerprint density at radius 2 is 1.86 bits per heavy atom. The molecule has 12 nitrogen and oxygen atoms in total. The summed E-state index contributed by atoms with van der Waals surface area (Å²) in [5, 5.41) is 31.3. The molecule has 2 rings (SSSR count). The first-order valence-electron chi connectivity index (χ1n) is 5.94. The fraction of sp³-hybridized carbons (Fsp3) is 0.556. The van der Waals surface area contributed by atoms with Crippen molar-refractivity contribution in [3.63, 3.8) is 0 Å². The molecule has 1 fully saturated rings. The average Bonchev–Trinajstić information content (AvgIpc) is 2.64. The molecule has 1 aliphatic rings. The number of aliphatic hydroxyl groups excluding tert-OH is 3. The number of hydrogen-bond acceptors (Lipinski definition) is 8. The van der Waals surface area contributed by atoms with E-state index in [1.165, 1.54) is 0 Å². The molecule has 1 saturated heterocycles. The van der Waals surface area contributed by atoms with Crippen molar-refractivity contribution in [2.45, 2.75) is 30.4 Å². The Bertz CT molecular complexity index is 668. The predicted molar refractivity (Wildman–Crippen MR) is 70.0 cm³/mol. The van der Waals surface area contributed by atoms with E-state index in [2.05, 4.69) is 10.3 Å². The summed E-state index contributed by atoms with van der Waals surface area (Å²) in [6.45, 7) is 0. The van der Waals surface area contributed by atoms with Crippen molar-refractivity contribution in [2.75, 3.05) is 5.32 Å². The maximum Gasteiger partial charge on any atom is 0.356 e. The van der Waals surface area contributed by atoms with Gasteiger partial charge >= 0.3 is 13.3 Å². The molecule has 0 saturated carbocycles. The second kappa shape index (κ2) is 5.93. The topological polar surface area (TPSA) is 205 Å². The van der Waals surface area contributed by atoms with Crippen LogP contribution in [0, 0.1) is 0 Å². The van der Waals surface area contributed by atoms with E-state index < -0.39 is 49.2 Å². The number of H-pyrrole nitrogens is 2. The molecule has 8 N–H and O–H groups in total. The molecule has 0 aromatic carbocycles. The predicted octanol–water partition coefficient (Wildman–Crippen LogP) is -3.58. The van der Waals surface area contributed by atoms with Gasteiger partial charge in [0.1, 0.15) is 24.1 Å². The number of nitrogens with one attached hydrogen (secondary N) is 3. The van der Waals surface area contributed by atoms with Gasteiger partial charge in [-0.3, -0.25) is 19.3 Å². The Hall–Kier alpha value is -1.53. The maximum absolute atomic E-state index is 11.1. The highest BCUT2D eigenvalue weighted by Crippen LogP contribution is 2.44. The molecular weight excluding hydrogens is 325 g/mol. The van der Waals surface area contributed by atoms with Crippen LogP contribution in [0.5, 0.6) is 0 Å². The van der Waals surface area contributed by atoms with Crippen LogP contribution in [0.1, 0.15) is 0 Å². The van der Waals surface area contributed by atoms with Crippen LogP contribution in [0.2, 0.25) is 0 Å². The van der Waals surface area contributed by atoms with Gasteiger partial charge in [-0.25, -0.2) is 4.79 Å². The lowest BCUT2D eigenvalue weighted by atomic mass is 10.1. The third kappa shape index (κ3) is 3.44. The summed E-state index contributed by atoms with van der Waals surface area (Å²) in [4.78, 5) is 44.0. The number of aliphatic hydroxyl groups is 3. The Balaban J connectivity index is 2.18. The lowest BCUT2D eigenvalue weighted by Crippen LogP contribution is -2.39. The number of aromatic nitrogens is 2. The van der Waals surface area contributed by atoms with Crippen LogP contribution in [0.4, 0.5) is 5.82 Å². The fourth-order valence-corrected chi connectivity index (χ4v) is 2.59. The molecule has 2 heterocycles. The van der Waals surface area contributed by atoms with Crippen molar-refractivity contribution < 1.29 is 34.4 Å². The summed E-state index contributed by atoms with van der Waals surface area (Å²) in [5.74, 6) is -2.50. The summed E-state index contributed by atoms with van der Waals surface area (Å²) in [6, 6.07) is 0.927. The Kier molecular flexibility index (Phi) is 4.54. The van der Waals surface area contributed by atoms with E-state index in [4.69, 9.17) is 14.5 Å². The first-order chi connectivity index (χ1) is 10.1. The zero-order valence-corrected chi connectivity index (χ0v) is 11.7. The van der Waals surface area contributed by atoms with Gasteiger partial charge in [-0.15, -0.1) is 0 Å². The highest BCUT2D eigenvalue weighted by molar-refractivity contribution is 7.52. The monoisotopic (exact) mass is 339 g/mol. The average molecular weight is 339 g/mol. The molecule has 1 aromatic heterocycles. The van der Waals surface area contributed by atoms with Gasteiger partial charge in [0.15, 0.2) is 12.1 Å². The minimum Gasteiger partial charge on any atom is -0.387 e. The van der Waals surface area contributed by atoms with Crippen molar-refractivity contribution in [3.8, 4) is 0 Å². The van der Waals surface area contributed by atoms with E-state index in [1.54, 1.807) is 0 Å². The number of ether oxygens (including phenoxy) is 1. The van der Waals surface area contributed by atoms with Crippen molar-refractivity contribution in [1.82, 2.24) is 9.97 Å². The quantitative estimate of drug-likeness (QED) is 0.253. The van der Waals surface area contributed by atoms with E-state index in [0.717, 1.165) is 6.07 Å². The largest absolute Gasteiger partial charge is 0.387 e. The molecule has 0 radical (unpaired) electrons. The molecule has 0 bridgehead atoms. The van der Waals surface area contributed by atoms with E-state index in [1.807, 2.05) is 4.98 Å². The highest BCUT2D eigenvalue weighted by Gasteiger charge is 2.50. The van der Waals surface area contributed by atoms with E-state index >= 15 is 0 Å². The lowest BCUT2D eigenvalue weighted by molar-refractivity contribution is -0.0386. The number of anilines is 1. The van der Waals surface area contributed by atoms with Crippen LogP contribution >= 0.6 is 7.60 Å². The molecule has 1 aromatic rings. The molecule has 1 aliphatic heterocycles. The normalized spacial score (nSPS) is 30.2. The molecule has 13 heteroatoms. The minimum atomic E-state index is -4.98. The molecule has 2 unspecified atom stereocenters. The van der Waals surface area contributed by atoms with Crippen LogP contribution < -0.4 is 16.6 Å². The van der Waals surface area contributed by atoms with Gasteiger partial charge in [0.05, 0.1) is 0 Å². The lowest BCUT2D eigenvalue weighted by Gasteiger charge is -2.21. The van der Waals surface area contributed by atoms with Gasteiger partial charge in [-0.1, -0.05) is 0 Å². The third-order valence-electron chi connectivity index (χ3n) is 3.00. The summed E-state index contributed by atoms with van der Waals surface area (Å²) < 4.78 is 16.0. The first-order valence-corrected chi connectivity index (χ1v) is 7.63. The molecule has 0 aliphatic carbocycles. The second-order valence-corrected chi connectivity index (χ2v) is 6.36. The molecule has 0 spiro atoms. The molecule has 124 valence electrons. The van der Waals surface area contributed by atoms with E-state index in [0.29, 0.717) is 0 Å². The van der Waals surface area contributed by atoms with Crippen LogP contribution in [0.3, 0.4) is 0 Å². The van der Waals surface area contributed by atoms with Crippen molar-refractivity contribution in [3.05, 3.63) is 26.9 Å². The smallest absolute Gasteiger partial charge is 0.356 e. The Morgan fingerprint density at radius 1 is 1.23 bits per heavy atom. The van der Waals surface area contributed by atoms with Gasteiger partial charge in [0.2, 0.25) is 0 Å². The summed E-state index contributed by atoms with van der Waals surface area (Å²) in [5.41, 5.74) is -1.58. The van der Waals surface area contributed by atoms with E-state index in [-0.39, 0.29) is 5.82 Å². The molecular formula is C9H14N3O9P. The summed E-state index contributed by atoms with van der Waals surface area (Å²) in [7, 11) is -4.98. The van der Waals surface area contributed by atoms with Crippen LogP contribution in [0.15, 0.2) is 15.7 Å². The van der Waals surface area contributed by atoms with Gasteiger partial charge in [0, 0.05) is 6.07 Å². The zero-order chi connectivity index (χ0) is 16.7. The second-order valence-electron chi connectivity index (χ2n) is 4.65. The standard InChI is InChI=1S/C9H14N3O9P/c13-3-1-2(11-9(17)12-3)10-7-5(15)4(14)6(21-7)8(16)22(18,19)20/h1,4-8,14-16H,(H2,18,19,20)(H3,10,11,12,13,17)/t4-,5+,6-,7?,8?/m0/s1. The van der Waals surface area contributed by atoms with Gasteiger partial charge < -0.3 is 35.2 Å². The SMILES string of the molecule is O=c1cc(NC2O[C@H](C(O)P(=O)(O)O)[C@@H](O)[C@H]2O)[nH]c(=O)[nH]1. The van der Waals surface area contributed by atoms with Crippen LogP contribution in [-0.4, -0.2) is 65.5 Å². The Morgan fingerprint density at radius 3 is 2.41 bits per heavy atom. The molecule has 0 amide bonds. The summed E-state index contributed by atoms with van der Waals surface area (Å²) in [6.07, 6.45) is -6.65. The minimum absolute atomic E-state index is 0.156. The van der Waals surface area contributed by atoms with Crippen molar-refractivity contribution >= 4 is 13.4 Å². The van der Waals surface area contributed by atoms with E-state index in [9.17, 15) is 29.5 Å². The number of rotatable bonds is 4. The van der Waals surface area contributed by atoms with Gasteiger partial charge in [0.25, 0.3) is 5.56 Å². The number of aromatic amines is 2. The van der Waals surface area contributed by atoms with Gasteiger partial charge in [-0.2, -0.15) is 0 Å². The molecule has 22 heavy (non-hydrogen) atoms.